The molecule has 0 heterocycles. The van der Waals surface area contributed by atoms with Crippen LogP contribution in [0.5, 0.6) is 0 Å². The predicted octanol–water partition coefficient (Wildman–Crippen LogP) is 0.0297. The highest BCUT2D eigenvalue weighted by Gasteiger charge is 2.13. The molecule has 0 aromatic heterocycles. The minimum absolute atomic E-state index is 0.165. The minimum atomic E-state index is -0.809. The number of esters is 2. The van der Waals surface area contributed by atoms with Crippen molar-refractivity contribution >= 4 is 11.9 Å². The van der Waals surface area contributed by atoms with Crippen LogP contribution < -0.4 is 0 Å². The highest BCUT2D eigenvalue weighted by molar-refractivity contribution is 5.86. The normalized spacial score (nSPS) is 11.6. The zero-order valence-corrected chi connectivity index (χ0v) is 8.28. The molecule has 0 aromatic carbocycles. The molecular formula is C9H14O5. The lowest BCUT2D eigenvalue weighted by atomic mass is 10.3. The summed E-state index contributed by atoms with van der Waals surface area (Å²) in [6, 6.07) is 0. The van der Waals surface area contributed by atoms with E-state index in [0.29, 0.717) is 0 Å². The average Bonchev–Trinajstić information content (AvgIpc) is 2.10. The van der Waals surface area contributed by atoms with Crippen LogP contribution in [0.4, 0.5) is 0 Å². The van der Waals surface area contributed by atoms with Gasteiger partial charge in [-0.25, -0.2) is 4.79 Å². The topological polar surface area (TPSA) is 72.8 Å². The molecule has 0 aliphatic rings. The zero-order valence-electron chi connectivity index (χ0n) is 8.28. The molecule has 0 saturated carbocycles. The van der Waals surface area contributed by atoms with Crippen LogP contribution in [0, 0.1) is 0 Å². The third-order valence-electron chi connectivity index (χ3n) is 1.29. The van der Waals surface area contributed by atoms with E-state index in [0.717, 1.165) is 0 Å². The van der Waals surface area contributed by atoms with Gasteiger partial charge >= 0.3 is 11.9 Å². The number of ether oxygens (including phenoxy) is 2. The number of carbonyl (C=O) groups excluding carboxylic acids is 2. The zero-order chi connectivity index (χ0) is 11.1. The van der Waals surface area contributed by atoms with E-state index >= 15 is 0 Å². The summed E-state index contributed by atoms with van der Waals surface area (Å²) in [5.41, 5.74) is 0.254. The fourth-order valence-electron chi connectivity index (χ4n) is 0.651. The number of hydrogen-bond donors (Lipinski definition) is 1. The van der Waals surface area contributed by atoms with Crippen molar-refractivity contribution in [1.29, 1.82) is 0 Å². The molecule has 0 fully saturated rings. The van der Waals surface area contributed by atoms with E-state index in [9.17, 15) is 9.59 Å². The molecule has 80 valence electrons. The van der Waals surface area contributed by atoms with Crippen molar-refractivity contribution in [3.05, 3.63) is 12.2 Å². The standard InChI is InChI=1S/C9H14O5/c1-6(2)9(12)13-5-8(4-10)14-7(3)11/h8,10H,1,4-5H2,2-3H3. The van der Waals surface area contributed by atoms with Gasteiger partial charge in [0.25, 0.3) is 0 Å². The Balaban J connectivity index is 3.89. The van der Waals surface area contributed by atoms with Crippen molar-refractivity contribution < 1.29 is 24.2 Å². The molecule has 14 heavy (non-hydrogen) atoms. The highest BCUT2D eigenvalue weighted by Crippen LogP contribution is 1.97. The van der Waals surface area contributed by atoms with Crippen LogP contribution in [0.25, 0.3) is 0 Å². The second-order valence-electron chi connectivity index (χ2n) is 2.79. The second kappa shape index (κ2) is 6.15. The third kappa shape index (κ3) is 5.31. The van der Waals surface area contributed by atoms with E-state index in [1.165, 1.54) is 13.8 Å². The molecule has 0 radical (unpaired) electrons. The summed E-state index contributed by atoms with van der Waals surface area (Å²) in [5, 5.41) is 8.74. The fourth-order valence-corrected chi connectivity index (χ4v) is 0.651. The van der Waals surface area contributed by atoms with Crippen LogP contribution in [0.3, 0.4) is 0 Å². The molecule has 0 bridgehead atoms. The van der Waals surface area contributed by atoms with Crippen molar-refractivity contribution in [3.8, 4) is 0 Å². The van der Waals surface area contributed by atoms with Gasteiger partial charge in [-0.2, -0.15) is 0 Å². The molecule has 1 atom stereocenters. The van der Waals surface area contributed by atoms with Crippen LogP contribution >= 0.6 is 0 Å². The molecule has 1 unspecified atom stereocenters. The average molecular weight is 202 g/mol. The number of aliphatic hydroxyl groups is 1. The van der Waals surface area contributed by atoms with Gasteiger partial charge in [-0.05, 0) is 6.92 Å². The summed E-state index contributed by atoms with van der Waals surface area (Å²) in [6.45, 7) is 5.54. The van der Waals surface area contributed by atoms with Crippen LogP contribution in [0.1, 0.15) is 13.8 Å². The van der Waals surface area contributed by atoms with Gasteiger partial charge in [-0.1, -0.05) is 6.58 Å². The SMILES string of the molecule is C=C(C)C(=O)OCC(CO)OC(C)=O. The smallest absolute Gasteiger partial charge is 0.333 e. The van der Waals surface area contributed by atoms with E-state index in [1.54, 1.807) is 0 Å². The minimum Gasteiger partial charge on any atom is -0.458 e. The summed E-state index contributed by atoms with van der Waals surface area (Å²) in [7, 11) is 0. The Labute approximate surface area is 82.3 Å². The van der Waals surface area contributed by atoms with Gasteiger partial charge in [0.05, 0.1) is 6.61 Å². The largest absolute Gasteiger partial charge is 0.458 e. The van der Waals surface area contributed by atoms with Crippen LogP contribution in [0.15, 0.2) is 12.2 Å². The lowest BCUT2D eigenvalue weighted by Crippen LogP contribution is -2.27. The first-order chi connectivity index (χ1) is 6.47. The Bertz CT molecular complexity index is 233. The van der Waals surface area contributed by atoms with Gasteiger partial charge in [-0.3, -0.25) is 4.79 Å². The Kier molecular flexibility index (Phi) is 5.55. The molecule has 0 spiro atoms. The Hall–Kier alpha value is -1.36. The van der Waals surface area contributed by atoms with Crippen molar-refractivity contribution in [1.82, 2.24) is 0 Å². The molecule has 5 nitrogen and oxygen atoms in total. The Morgan fingerprint density at radius 1 is 1.43 bits per heavy atom. The van der Waals surface area contributed by atoms with E-state index in [4.69, 9.17) is 5.11 Å². The van der Waals surface area contributed by atoms with Crippen molar-refractivity contribution in [3.63, 3.8) is 0 Å². The molecule has 0 aromatic rings. The molecule has 0 amide bonds. The number of carbonyl (C=O) groups is 2. The van der Waals surface area contributed by atoms with E-state index in [-0.39, 0.29) is 18.8 Å². The lowest BCUT2D eigenvalue weighted by molar-refractivity contribution is -0.157. The molecule has 0 saturated heterocycles. The maximum atomic E-state index is 10.9. The summed E-state index contributed by atoms with van der Waals surface area (Å²) < 4.78 is 9.32. The maximum absolute atomic E-state index is 10.9. The van der Waals surface area contributed by atoms with Crippen molar-refractivity contribution in [2.24, 2.45) is 0 Å². The quantitative estimate of drug-likeness (QED) is 0.503. The highest BCUT2D eigenvalue weighted by atomic mass is 16.6. The number of rotatable bonds is 5. The molecule has 5 heteroatoms. The number of hydrogen-bond acceptors (Lipinski definition) is 5. The molecule has 0 aliphatic carbocycles. The summed E-state index contributed by atoms with van der Waals surface area (Å²) >= 11 is 0. The second-order valence-corrected chi connectivity index (χ2v) is 2.79. The number of aliphatic hydroxyl groups excluding tert-OH is 1. The lowest BCUT2D eigenvalue weighted by Gasteiger charge is -2.14. The van der Waals surface area contributed by atoms with Gasteiger partial charge in [0.15, 0.2) is 6.10 Å². The van der Waals surface area contributed by atoms with Crippen LogP contribution in [-0.2, 0) is 19.1 Å². The summed E-state index contributed by atoms with van der Waals surface area (Å²) in [4.78, 5) is 21.4. The first-order valence-electron chi connectivity index (χ1n) is 4.08. The summed E-state index contributed by atoms with van der Waals surface area (Å²) in [6.07, 6.45) is -0.809. The van der Waals surface area contributed by atoms with Gasteiger partial charge in [0.2, 0.25) is 0 Å². The molecule has 0 rings (SSSR count). The third-order valence-corrected chi connectivity index (χ3v) is 1.29. The molecule has 1 N–H and O–H groups in total. The van der Waals surface area contributed by atoms with Gasteiger partial charge in [0.1, 0.15) is 6.61 Å². The monoisotopic (exact) mass is 202 g/mol. The van der Waals surface area contributed by atoms with E-state index < -0.39 is 18.0 Å². The van der Waals surface area contributed by atoms with Crippen molar-refractivity contribution in [2.45, 2.75) is 20.0 Å². The van der Waals surface area contributed by atoms with Gasteiger partial charge in [0, 0.05) is 12.5 Å². The molecule has 0 aliphatic heterocycles. The Morgan fingerprint density at radius 3 is 2.36 bits per heavy atom. The maximum Gasteiger partial charge on any atom is 0.333 e. The van der Waals surface area contributed by atoms with E-state index in [1.807, 2.05) is 0 Å². The first-order valence-corrected chi connectivity index (χ1v) is 4.08. The van der Waals surface area contributed by atoms with Crippen molar-refractivity contribution in [2.75, 3.05) is 13.2 Å². The van der Waals surface area contributed by atoms with Gasteiger partial charge in [-0.15, -0.1) is 0 Å². The predicted molar refractivity (Wildman–Crippen MR) is 48.4 cm³/mol. The molecular weight excluding hydrogens is 188 g/mol. The first kappa shape index (κ1) is 12.6. The van der Waals surface area contributed by atoms with Crippen LogP contribution in [0.2, 0.25) is 0 Å². The van der Waals surface area contributed by atoms with Gasteiger partial charge < -0.3 is 14.6 Å². The Morgan fingerprint density at radius 2 is 2.00 bits per heavy atom. The van der Waals surface area contributed by atoms with E-state index in [2.05, 4.69) is 16.1 Å². The summed E-state index contributed by atoms with van der Waals surface area (Å²) in [5.74, 6) is -1.11. The van der Waals surface area contributed by atoms with Crippen LogP contribution in [-0.4, -0.2) is 36.4 Å². The fraction of sp³-hybridized carbons (Fsp3) is 0.556.